The lowest BCUT2D eigenvalue weighted by Gasteiger charge is -2.20. The van der Waals surface area contributed by atoms with Crippen molar-refractivity contribution in [2.45, 2.75) is 19.9 Å². The van der Waals surface area contributed by atoms with E-state index in [0.29, 0.717) is 0 Å². The van der Waals surface area contributed by atoms with Crippen LogP contribution in [0.15, 0.2) is 0 Å². The van der Waals surface area contributed by atoms with E-state index in [1.165, 1.54) is 0 Å². The highest BCUT2D eigenvalue weighted by Gasteiger charge is 2.04. The average molecular weight is 146 g/mol. The lowest BCUT2D eigenvalue weighted by molar-refractivity contribution is 0.211. The first-order valence-electron chi connectivity index (χ1n) is 3.83. The molecule has 0 fully saturated rings. The maximum atomic E-state index is 8.62. The summed E-state index contributed by atoms with van der Waals surface area (Å²) in [5.41, 5.74) is 5.53. The van der Waals surface area contributed by atoms with Crippen molar-refractivity contribution in [3.63, 3.8) is 0 Å². The Morgan fingerprint density at radius 1 is 1.40 bits per heavy atom. The molecule has 0 aliphatic heterocycles. The number of aliphatic hydroxyl groups is 1. The molecule has 0 unspecified atom stereocenters. The van der Waals surface area contributed by atoms with Gasteiger partial charge in [-0.05, 0) is 13.1 Å². The lowest BCUT2D eigenvalue weighted by atomic mass is 10.3. The van der Waals surface area contributed by atoms with Gasteiger partial charge in [0.2, 0.25) is 0 Å². The first kappa shape index (κ1) is 9.88. The van der Waals surface area contributed by atoms with Crippen LogP contribution < -0.4 is 5.73 Å². The van der Waals surface area contributed by atoms with E-state index in [4.69, 9.17) is 10.8 Å². The summed E-state index contributed by atoms with van der Waals surface area (Å²) in [5, 5.41) is 8.62. The Bertz CT molecular complexity index is 74.0. The fourth-order valence-electron chi connectivity index (χ4n) is 0.871. The van der Waals surface area contributed by atoms with Crippen molar-refractivity contribution < 1.29 is 5.11 Å². The highest BCUT2D eigenvalue weighted by Crippen LogP contribution is 1.88. The van der Waals surface area contributed by atoms with E-state index in [9.17, 15) is 0 Å². The van der Waals surface area contributed by atoms with E-state index in [0.717, 1.165) is 19.6 Å². The molecule has 0 saturated heterocycles. The van der Waals surface area contributed by atoms with Crippen molar-refractivity contribution in [3.8, 4) is 0 Å². The van der Waals surface area contributed by atoms with E-state index in [1.54, 1.807) is 0 Å². The zero-order valence-electron chi connectivity index (χ0n) is 6.88. The van der Waals surface area contributed by atoms with Gasteiger partial charge in [-0.25, -0.2) is 0 Å². The third-order valence-electron chi connectivity index (χ3n) is 1.62. The second kappa shape index (κ2) is 5.65. The van der Waals surface area contributed by atoms with E-state index in [-0.39, 0.29) is 12.6 Å². The van der Waals surface area contributed by atoms with Crippen LogP contribution in [0.3, 0.4) is 0 Å². The molecule has 0 aliphatic rings. The first-order chi connectivity index (χ1) is 4.74. The van der Waals surface area contributed by atoms with Gasteiger partial charge in [0.25, 0.3) is 0 Å². The molecule has 3 N–H and O–H groups in total. The zero-order chi connectivity index (χ0) is 7.98. The summed E-state index contributed by atoms with van der Waals surface area (Å²) in [4.78, 5) is 2.20. The van der Waals surface area contributed by atoms with Crippen molar-refractivity contribution in [2.75, 3.05) is 26.2 Å². The Morgan fingerprint density at radius 2 is 1.90 bits per heavy atom. The highest BCUT2D eigenvalue weighted by atomic mass is 16.3. The fraction of sp³-hybridized carbons (Fsp3) is 1.00. The second-order valence-corrected chi connectivity index (χ2v) is 2.43. The van der Waals surface area contributed by atoms with Gasteiger partial charge in [0.05, 0.1) is 6.61 Å². The number of nitrogens with two attached hydrogens (primary N) is 1. The molecule has 0 aliphatic carbocycles. The standard InChI is InChI=1S/C7H18N2O/c1-3-9(4-2)5-7(8)6-10/h7,10H,3-6,8H2,1-2H3/t7-/m0/s1. The average Bonchev–Trinajstić information content (AvgIpc) is 1.99. The Hall–Kier alpha value is -0.120. The summed E-state index contributed by atoms with van der Waals surface area (Å²) in [6.45, 7) is 7.07. The Labute approximate surface area is 62.8 Å². The van der Waals surface area contributed by atoms with Crippen LogP contribution in [0.25, 0.3) is 0 Å². The van der Waals surface area contributed by atoms with Gasteiger partial charge in [-0.1, -0.05) is 13.8 Å². The SMILES string of the molecule is CCN(CC)C[C@H](N)CO. The number of aliphatic hydroxyl groups excluding tert-OH is 1. The summed E-state index contributed by atoms with van der Waals surface area (Å²) in [6.07, 6.45) is 0. The smallest absolute Gasteiger partial charge is 0.0595 e. The number of hydrogen-bond acceptors (Lipinski definition) is 3. The largest absolute Gasteiger partial charge is 0.395 e. The highest BCUT2D eigenvalue weighted by molar-refractivity contribution is 4.64. The molecule has 0 saturated carbocycles. The minimum Gasteiger partial charge on any atom is -0.395 e. The van der Waals surface area contributed by atoms with Crippen LogP contribution in [-0.4, -0.2) is 42.3 Å². The summed E-state index contributed by atoms with van der Waals surface area (Å²) in [6, 6.07) is -0.0834. The van der Waals surface area contributed by atoms with Crippen LogP contribution in [0.1, 0.15) is 13.8 Å². The number of nitrogens with zero attached hydrogens (tertiary/aromatic N) is 1. The molecule has 0 heterocycles. The van der Waals surface area contributed by atoms with Crippen LogP contribution in [0.2, 0.25) is 0 Å². The summed E-state index contributed by atoms with van der Waals surface area (Å²) in [7, 11) is 0. The van der Waals surface area contributed by atoms with Gasteiger partial charge >= 0.3 is 0 Å². The van der Waals surface area contributed by atoms with Gasteiger partial charge in [-0.3, -0.25) is 0 Å². The van der Waals surface area contributed by atoms with Crippen molar-refractivity contribution in [3.05, 3.63) is 0 Å². The predicted molar refractivity (Wildman–Crippen MR) is 42.8 cm³/mol. The predicted octanol–water partition coefficient (Wildman–Crippen LogP) is -0.352. The molecule has 0 aromatic heterocycles. The van der Waals surface area contributed by atoms with Crippen molar-refractivity contribution in [1.29, 1.82) is 0 Å². The van der Waals surface area contributed by atoms with E-state index in [2.05, 4.69) is 18.7 Å². The molecule has 0 bridgehead atoms. The van der Waals surface area contributed by atoms with Crippen LogP contribution in [0.4, 0.5) is 0 Å². The van der Waals surface area contributed by atoms with Gasteiger partial charge in [-0.2, -0.15) is 0 Å². The summed E-state index contributed by atoms with van der Waals surface area (Å²) in [5.74, 6) is 0. The minimum atomic E-state index is -0.0834. The number of hydrogen-bond donors (Lipinski definition) is 2. The molecule has 1 atom stereocenters. The topological polar surface area (TPSA) is 49.5 Å². The molecule has 0 radical (unpaired) electrons. The summed E-state index contributed by atoms with van der Waals surface area (Å²) < 4.78 is 0. The Kier molecular flexibility index (Phi) is 5.58. The van der Waals surface area contributed by atoms with Crippen molar-refractivity contribution in [1.82, 2.24) is 4.90 Å². The van der Waals surface area contributed by atoms with Gasteiger partial charge < -0.3 is 15.7 Å². The molecule has 3 heteroatoms. The summed E-state index contributed by atoms with van der Waals surface area (Å²) >= 11 is 0. The van der Waals surface area contributed by atoms with E-state index >= 15 is 0 Å². The van der Waals surface area contributed by atoms with Crippen molar-refractivity contribution >= 4 is 0 Å². The first-order valence-corrected chi connectivity index (χ1v) is 3.83. The third-order valence-corrected chi connectivity index (χ3v) is 1.62. The Morgan fingerprint density at radius 3 is 2.20 bits per heavy atom. The third kappa shape index (κ3) is 3.82. The van der Waals surface area contributed by atoms with Gasteiger partial charge in [0, 0.05) is 12.6 Å². The number of rotatable bonds is 5. The minimum absolute atomic E-state index is 0.0799. The quantitative estimate of drug-likeness (QED) is 0.557. The molecule has 0 aromatic carbocycles. The van der Waals surface area contributed by atoms with Crippen LogP contribution in [0, 0.1) is 0 Å². The number of likely N-dealkylation sites (N-methyl/N-ethyl adjacent to an activating group) is 1. The molecule has 0 rings (SSSR count). The fourth-order valence-corrected chi connectivity index (χ4v) is 0.871. The molecule has 0 aromatic rings. The molecular weight excluding hydrogens is 128 g/mol. The molecule has 3 nitrogen and oxygen atoms in total. The monoisotopic (exact) mass is 146 g/mol. The van der Waals surface area contributed by atoms with E-state index < -0.39 is 0 Å². The van der Waals surface area contributed by atoms with Gasteiger partial charge in [0.1, 0.15) is 0 Å². The maximum Gasteiger partial charge on any atom is 0.0595 e. The maximum absolute atomic E-state index is 8.62. The molecular formula is C7H18N2O. The van der Waals surface area contributed by atoms with Gasteiger partial charge in [-0.15, -0.1) is 0 Å². The van der Waals surface area contributed by atoms with Crippen LogP contribution in [0.5, 0.6) is 0 Å². The normalized spacial score (nSPS) is 14.1. The van der Waals surface area contributed by atoms with Gasteiger partial charge in [0.15, 0.2) is 0 Å². The molecule has 62 valence electrons. The van der Waals surface area contributed by atoms with Crippen molar-refractivity contribution in [2.24, 2.45) is 5.73 Å². The Balaban J connectivity index is 3.41. The van der Waals surface area contributed by atoms with Crippen LogP contribution in [-0.2, 0) is 0 Å². The lowest BCUT2D eigenvalue weighted by Crippen LogP contribution is -2.39. The second-order valence-electron chi connectivity index (χ2n) is 2.43. The molecule has 10 heavy (non-hydrogen) atoms. The molecule has 0 spiro atoms. The van der Waals surface area contributed by atoms with Crippen LogP contribution >= 0.6 is 0 Å². The molecule has 0 amide bonds. The zero-order valence-corrected chi connectivity index (χ0v) is 6.88. The van der Waals surface area contributed by atoms with E-state index in [1.807, 2.05) is 0 Å².